The highest BCUT2D eigenvalue weighted by molar-refractivity contribution is 5.91. The van der Waals surface area contributed by atoms with Gasteiger partial charge in [0.15, 0.2) is 5.69 Å². The van der Waals surface area contributed by atoms with Crippen LogP contribution in [0.2, 0.25) is 0 Å². The van der Waals surface area contributed by atoms with Gasteiger partial charge in [-0.15, -0.1) is 0 Å². The zero-order valence-corrected chi connectivity index (χ0v) is 9.26. The van der Waals surface area contributed by atoms with Crippen molar-refractivity contribution < 1.29 is 31.5 Å². The fourth-order valence-corrected chi connectivity index (χ4v) is 1.27. The third kappa shape index (κ3) is 2.96. The van der Waals surface area contributed by atoms with E-state index in [4.69, 9.17) is 5.26 Å². The van der Waals surface area contributed by atoms with Gasteiger partial charge in [0.1, 0.15) is 11.8 Å². The summed E-state index contributed by atoms with van der Waals surface area (Å²) in [6, 6.07) is 1.54. The molecule has 0 unspecified atom stereocenters. The lowest BCUT2D eigenvalue weighted by Crippen LogP contribution is -2.17. The van der Waals surface area contributed by atoms with E-state index in [0.717, 1.165) is 13.2 Å². The molecule has 9 heteroatoms. The molecule has 0 spiro atoms. The van der Waals surface area contributed by atoms with Crippen LogP contribution in [-0.4, -0.2) is 18.1 Å². The number of aromatic nitrogens is 1. The molecule has 0 saturated heterocycles. The largest absolute Gasteiger partial charge is 0.465 e. The quantitative estimate of drug-likeness (QED) is 0.617. The number of pyridine rings is 1. The van der Waals surface area contributed by atoms with Crippen LogP contribution in [0.3, 0.4) is 0 Å². The van der Waals surface area contributed by atoms with Gasteiger partial charge in [-0.3, -0.25) is 0 Å². The Bertz CT molecular complexity index is 548. The molecule has 0 N–H and O–H groups in total. The van der Waals surface area contributed by atoms with Crippen LogP contribution in [0.25, 0.3) is 0 Å². The molecule has 0 aliphatic rings. The van der Waals surface area contributed by atoms with Crippen LogP contribution in [0.15, 0.2) is 6.07 Å². The first-order valence-corrected chi connectivity index (χ1v) is 4.61. The fraction of sp³-hybridized carbons (Fsp3) is 0.300. The van der Waals surface area contributed by atoms with Gasteiger partial charge in [-0.05, 0) is 6.07 Å². The first-order valence-electron chi connectivity index (χ1n) is 4.61. The van der Waals surface area contributed by atoms with Crippen molar-refractivity contribution in [1.82, 2.24) is 4.98 Å². The Morgan fingerprint density at radius 3 is 2.42 bits per heavy atom. The monoisotopic (exact) mass is 280 g/mol. The first-order chi connectivity index (χ1) is 8.72. The molecule has 1 aromatic heterocycles. The van der Waals surface area contributed by atoms with Gasteiger partial charge < -0.3 is 4.74 Å². The molecule has 0 atom stereocenters. The Morgan fingerprint density at radius 1 is 1.47 bits per heavy atom. The summed E-state index contributed by atoms with van der Waals surface area (Å²) < 4.78 is 66.9. The van der Waals surface area contributed by atoms with Crippen LogP contribution in [0.5, 0.6) is 0 Å². The van der Waals surface area contributed by atoms with E-state index in [1.807, 2.05) is 0 Å². The number of hydrogen-bond acceptors (Lipinski definition) is 4. The molecule has 102 valence electrons. The highest BCUT2D eigenvalue weighted by Gasteiger charge is 2.38. The van der Waals surface area contributed by atoms with Gasteiger partial charge in [0.25, 0.3) is 6.43 Å². The van der Waals surface area contributed by atoms with Crippen LogP contribution in [0, 0.1) is 11.3 Å². The second-order valence-electron chi connectivity index (χ2n) is 3.22. The number of rotatable bonds is 2. The number of carbonyl (C=O) groups excluding carboxylic acids is 1. The van der Waals surface area contributed by atoms with E-state index >= 15 is 0 Å². The third-order valence-electron chi connectivity index (χ3n) is 2.05. The van der Waals surface area contributed by atoms with E-state index in [1.54, 1.807) is 0 Å². The summed E-state index contributed by atoms with van der Waals surface area (Å²) in [4.78, 5) is 13.9. The van der Waals surface area contributed by atoms with Gasteiger partial charge in [-0.1, -0.05) is 0 Å². The molecule has 0 bridgehead atoms. The molecule has 0 amide bonds. The number of hydrogen-bond donors (Lipinski definition) is 0. The second-order valence-corrected chi connectivity index (χ2v) is 3.22. The molecule has 0 saturated carbocycles. The molecule has 1 heterocycles. The molecule has 1 aromatic rings. The third-order valence-corrected chi connectivity index (χ3v) is 2.05. The maximum Gasteiger partial charge on any atom is 0.434 e. The van der Waals surface area contributed by atoms with Crippen molar-refractivity contribution in [2.75, 3.05) is 7.11 Å². The van der Waals surface area contributed by atoms with Gasteiger partial charge in [0.05, 0.1) is 18.2 Å². The number of nitrogens with zero attached hydrogens (tertiary/aromatic N) is 2. The summed E-state index contributed by atoms with van der Waals surface area (Å²) in [5.41, 5.74) is -5.05. The maximum atomic E-state index is 12.6. The standard InChI is InChI=1S/C10H5F5N2O2/c1-19-9(18)5-2-4(3-16)7(10(13,14)15)17-6(5)8(11)12/h2,8H,1H3. The predicted octanol–water partition coefficient (Wildman–Crippen LogP) is 2.70. The Kier molecular flexibility index (Phi) is 4.04. The number of methoxy groups -OCH3 is 1. The van der Waals surface area contributed by atoms with Crippen molar-refractivity contribution in [3.63, 3.8) is 0 Å². The number of ether oxygens (including phenoxy) is 1. The predicted molar refractivity (Wildman–Crippen MR) is 50.3 cm³/mol. The molecular formula is C10H5F5N2O2. The molecule has 0 aliphatic heterocycles. The number of nitriles is 1. The van der Waals surface area contributed by atoms with Crippen LogP contribution in [-0.2, 0) is 10.9 Å². The summed E-state index contributed by atoms with van der Waals surface area (Å²) >= 11 is 0. The minimum absolute atomic E-state index is 0.392. The number of carbonyl (C=O) groups is 1. The molecule has 1 rings (SSSR count). The van der Waals surface area contributed by atoms with Crippen LogP contribution < -0.4 is 0 Å². The number of halogens is 5. The molecule has 0 radical (unpaired) electrons. The molecule has 19 heavy (non-hydrogen) atoms. The zero-order valence-electron chi connectivity index (χ0n) is 9.26. The van der Waals surface area contributed by atoms with E-state index in [9.17, 15) is 26.7 Å². The Hall–Kier alpha value is -2.24. The van der Waals surface area contributed by atoms with Crippen LogP contribution in [0.1, 0.15) is 33.7 Å². The van der Waals surface area contributed by atoms with Crippen molar-refractivity contribution in [1.29, 1.82) is 5.26 Å². The Balaban J connectivity index is 3.62. The average molecular weight is 280 g/mol. The SMILES string of the molecule is COC(=O)c1cc(C#N)c(C(F)(F)F)nc1C(F)F. The molecular weight excluding hydrogens is 275 g/mol. The van der Waals surface area contributed by atoms with Crippen molar-refractivity contribution in [2.45, 2.75) is 12.6 Å². The summed E-state index contributed by atoms with van der Waals surface area (Å²) in [6.45, 7) is 0. The maximum absolute atomic E-state index is 12.6. The Morgan fingerprint density at radius 2 is 2.05 bits per heavy atom. The van der Waals surface area contributed by atoms with Gasteiger partial charge in [-0.2, -0.15) is 18.4 Å². The molecule has 4 nitrogen and oxygen atoms in total. The Labute approximate surface area is 103 Å². The molecule has 0 aromatic carbocycles. The van der Waals surface area contributed by atoms with Gasteiger partial charge >= 0.3 is 12.1 Å². The molecule has 0 aliphatic carbocycles. The lowest BCUT2D eigenvalue weighted by molar-refractivity contribution is -0.141. The highest BCUT2D eigenvalue weighted by Crippen LogP contribution is 2.33. The van der Waals surface area contributed by atoms with Crippen molar-refractivity contribution >= 4 is 5.97 Å². The summed E-state index contributed by atoms with van der Waals surface area (Å²) in [6.07, 6.45) is -8.49. The number of alkyl halides is 5. The summed E-state index contributed by atoms with van der Waals surface area (Å²) in [7, 11) is 0.862. The minimum atomic E-state index is -5.08. The minimum Gasteiger partial charge on any atom is -0.465 e. The second kappa shape index (κ2) is 5.17. The smallest absolute Gasteiger partial charge is 0.434 e. The normalized spacial score (nSPS) is 11.3. The van der Waals surface area contributed by atoms with Crippen LogP contribution >= 0.6 is 0 Å². The van der Waals surface area contributed by atoms with Crippen molar-refractivity contribution in [3.05, 3.63) is 28.6 Å². The van der Waals surface area contributed by atoms with Gasteiger partial charge in [0, 0.05) is 0 Å². The van der Waals surface area contributed by atoms with Crippen molar-refractivity contribution in [2.24, 2.45) is 0 Å². The summed E-state index contributed by atoms with van der Waals surface area (Å²) in [5, 5.41) is 8.56. The lowest BCUT2D eigenvalue weighted by Gasteiger charge is -2.12. The van der Waals surface area contributed by atoms with Crippen molar-refractivity contribution in [3.8, 4) is 6.07 Å². The van der Waals surface area contributed by atoms with Gasteiger partial charge in [0.2, 0.25) is 0 Å². The number of esters is 1. The zero-order chi connectivity index (χ0) is 14.8. The fourth-order valence-electron chi connectivity index (χ4n) is 1.27. The van der Waals surface area contributed by atoms with E-state index in [2.05, 4.69) is 9.72 Å². The van der Waals surface area contributed by atoms with E-state index in [1.165, 1.54) is 0 Å². The van der Waals surface area contributed by atoms with E-state index < -0.39 is 41.1 Å². The van der Waals surface area contributed by atoms with E-state index in [0.29, 0.717) is 6.07 Å². The molecule has 0 fully saturated rings. The topological polar surface area (TPSA) is 63.0 Å². The highest BCUT2D eigenvalue weighted by atomic mass is 19.4. The summed E-state index contributed by atoms with van der Waals surface area (Å²) in [5.74, 6) is -1.30. The average Bonchev–Trinajstić information content (AvgIpc) is 2.34. The van der Waals surface area contributed by atoms with Crippen LogP contribution in [0.4, 0.5) is 22.0 Å². The lowest BCUT2D eigenvalue weighted by atomic mass is 10.1. The van der Waals surface area contributed by atoms with E-state index in [-0.39, 0.29) is 0 Å². The first kappa shape index (κ1) is 14.8. The van der Waals surface area contributed by atoms with Gasteiger partial charge in [-0.25, -0.2) is 18.6 Å².